The van der Waals surface area contributed by atoms with Gasteiger partial charge in [0.25, 0.3) is 0 Å². The molecule has 0 N–H and O–H groups in total. The fourth-order valence-electron chi connectivity index (χ4n) is 2.64. The highest BCUT2D eigenvalue weighted by Gasteiger charge is 2.44. The average Bonchev–Trinajstić information content (AvgIpc) is 2.59. The second-order valence-electron chi connectivity index (χ2n) is 5.33. The number of rotatable bonds is 3. The van der Waals surface area contributed by atoms with E-state index in [1.807, 2.05) is 44.2 Å². The summed E-state index contributed by atoms with van der Waals surface area (Å²) in [5.74, 6) is 0.748. The second-order valence-corrected chi connectivity index (χ2v) is 5.33. The first-order chi connectivity index (χ1) is 8.97. The molecule has 0 bridgehead atoms. The number of carbonyl (C=O) groups excluding carboxylic acids is 1. The Morgan fingerprint density at radius 3 is 2.47 bits per heavy atom. The number of benzene rings is 1. The Morgan fingerprint density at radius 1 is 1.32 bits per heavy atom. The molecule has 2 rings (SSSR count). The van der Waals surface area contributed by atoms with E-state index in [0.29, 0.717) is 0 Å². The van der Waals surface area contributed by atoms with Gasteiger partial charge in [-0.15, -0.1) is 0 Å². The quantitative estimate of drug-likeness (QED) is 0.617. The molecule has 1 fully saturated rings. The van der Waals surface area contributed by atoms with E-state index in [1.54, 1.807) is 7.11 Å². The Labute approximate surface area is 114 Å². The highest BCUT2D eigenvalue weighted by atomic mass is 16.6. The van der Waals surface area contributed by atoms with Crippen LogP contribution in [0, 0.1) is 5.92 Å². The summed E-state index contributed by atoms with van der Waals surface area (Å²) in [4.78, 5) is 12.0. The molecule has 1 aliphatic rings. The van der Waals surface area contributed by atoms with Crippen molar-refractivity contribution in [3.63, 3.8) is 0 Å². The van der Waals surface area contributed by atoms with Crippen LogP contribution in [0.15, 0.2) is 29.8 Å². The SMILES string of the molecule is CCC1C(=Cc2ccc(OC)cc2)C(=O)OC1(C)C. The summed E-state index contributed by atoms with van der Waals surface area (Å²) < 4.78 is 10.6. The average molecular weight is 260 g/mol. The molecule has 1 aromatic rings. The molecule has 1 heterocycles. The molecule has 19 heavy (non-hydrogen) atoms. The Kier molecular flexibility index (Phi) is 3.65. The first-order valence-corrected chi connectivity index (χ1v) is 6.57. The lowest BCUT2D eigenvalue weighted by Crippen LogP contribution is -2.27. The number of carbonyl (C=O) groups is 1. The van der Waals surface area contributed by atoms with Gasteiger partial charge in [-0.05, 0) is 44.0 Å². The van der Waals surface area contributed by atoms with E-state index in [9.17, 15) is 4.79 Å². The van der Waals surface area contributed by atoms with Crippen LogP contribution < -0.4 is 4.74 Å². The Hall–Kier alpha value is -1.77. The van der Waals surface area contributed by atoms with Crippen molar-refractivity contribution in [1.82, 2.24) is 0 Å². The molecule has 1 unspecified atom stereocenters. The zero-order valence-corrected chi connectivity index (χ0v) is 11.9. The topological polar surface area (TPSA) is 35.5 Å². The molecule has 0 aromatic heterocycles. The number of esters is 1. The van der Waals surface area contributed by atoms with Crippen LogP contribution in [0.4, 0.5) is 0 Å². The molecule has 3 nitrogen and oxygen atoms in total. The van der Waals surface area contributed by atoms with Crippen LogP contribution in [0.25, 0.3) is 6.08 Å². The minimum Gasteiger partial charge on any atom is -0.497 e. The van der Waals surface area contributed by atoms with Gasteiger partial charge in [-0.3, -0.25) is 0 Å². The maximum Gasteiger partial charge on any atom is 0.335 e. The zero-order chi connectivity index (χ0) is 14.0. The molecular weight excluding hydrogens is 240 g/mol. The number of hydrogen-bond acceptors (Lipinski definition) is 3. The van der Waals surface area contributed by atoms with E-state index in [1.165, 1.54) is 0 Å². The molecular formula is C16H20O3. The van der Waals surface area contributed by atoms with Crippen molar-refractivity contribution >= 4 is 12.0 Å². The standard InChI is InChI=1S/C16H20O3/c1-5-14-13(15(17)19-16(14,2)3)10-11-6-8-12(18-4)9-7-11/h6-10,14H,5H2,1-4H3. The summed E-state index contributed by atoms with van der Waals surface area (Å²) >= 11 is 0. The predicted molar refractivity (Wildman–Crippen MR) is 74.9 cm³/mol. The van der Waals surface area contributed by atoms with Gasteiger partial charge in [0.05, 0.1) is 7.11 Å². The summed E-state index contributed by atoms with van der Waals surface area (Å²) in [6, 6.07) is 7.66. The maximum atomic E-state index is 12.0. The third kappa shape index (κ3) is 2.65. The van der Waals surface area contributed by atoms with Crippen molar-refractivity contribution in [1.29, 1.82) is 0 Å². The van der Waals surface area contributed by atoms with Gasteiger partial charge in [-0.2, -0.15) is 0 Å². The highest BCUT2D eigenvalue weighted by Crippen LogP contribution is 2.39. The van der Waals surface area contributed by atoms with Gasteiger partial charge < -0.3 is 9.47 Å². The van der Waals surface area contributed by atoms with Crippen molar-refractivity contribution in [2.45, 2.75) is 32.8 Å². The number of cyclic esters (lactones) is 1. The van der Waals surface area contributed by atoms with Crippen molar-refractivity contribution < 1.29 is 14.3 Å². The lowest BCUT2D eigenvalue weighted by molar-refractivity contribution is -0.144. The smallest absolute Gasteiger partial charge is 0.335 e. The number of ether oxygens (including phenoxy) is 2. The predicted octanol–water partition coefficient (Wildman–Crippen LogP) is 3.44. The van der Waals surface area contributed by atoms with Gasteiger partial charge in [0.1, 0.15) is 11.4 Å². The van der Waals surface area contributed by atoms with Gasteiger partial charge in [0, 0.05) is 11.5 Å². The Morgan fingerprint density at radius 2 is 1.95 bits per heavy atom. The van der Waals surface area contributed by atoms with Gasteiger partial charge in [-0.1, -0.05) is 19.1 Å². The van der Waals surface area contributed by atoms with Crippen LogP contribution >= 0.6 is 0 Å². The summed E-state index contributed by atoms with van der Waals surface area (Å²) in [6.45, 7) is 6.01. The third-order valence-corrected chi connectivity index (χ3v) is 3.65. The van der Waals surface area contributed by atoms with Gasteiger partial charge in [-0.25, -0.2) is 4.79 Å². The molecule has 1 aliphatic heterocycles. The number of methoxy groups -OCH3 is 1. The third-order valence-electron chi connectivity index (χ3n) is 3.65. The normalized spacial score (nSPS) is 23.5. The fourth-order valence-corrected chi connectivity index (χ4v) is 2.64. The molecule has 0 saturated carbocycles. The lowest BCUT2D eigenvalue weighted by Gasteiger charge is -2.23. The van der Waals surface area contributed by atoms with E-state index in [2.05, 4.69) is 6.92 Å². The van der Waals surface area contributed by atoms with Crippen LogP contribution in [0.5, 0.6) is 5.75 Å². The summed E-state index contributed by atoms with van der Waals surface area (Å²) in [6.07, 6.45) is 2.81. The van der Waals surface area contributed by atoms with Crippen LogP contribution in [-0.4, -0.2) is 18.7 Å². The van der Waals surface area contributed by atoms with Gasteiger partial charge in [0.2, 0.25) is 0 Å². The van der Waals surface area contributed by atoms with Crippen molar-refractivity contribution in [2.75, 3.05) is 7.11 Å². The first kappa shape index (κ1) is 13.7. The number of hydrogen-bond donors (Lipinski definition) is 0. The Bertz CT molecular complexity index is 497. The van der Waals surface area contributed by atoms with Gasteiger partial charge in [0.15, 0.2) is 0 Å². The Balaban J connectivity index is 2.33. The zero-order valence-electron chi connectivity index (χ0n) is 11.9. The summed E-state index contributed by atoms with van der Waals surface area (Å²) in [5, 5.41) is 0. The molecule has 3 heteroatoms. The van der Waals surface area contributed by atoms with E-state index >= 15 is 0 Å². The fraction of sp³-hybridized carbons (Fsp3) is 0.438. The molecule has 0 aliphatic carbocycles. The van der Waals surface area contributed by atoms with Gasteiger partial charge >= 0.3 is 5.97 Å². The maximum absolute atomic E-state index is 12.0. The van der Waals surface area contributed by atoms with Crippen LogP contribution in [0.2, 0.25) is 0 Å². The second kappa shape index (κ2) is 5.08. The van der Waals surface area contributed by atoms with E-state index in [0.717, 1.165) is 23.3 Å². The summed E-state index contributed by atoms with van der Waals surface area (Å²) in [5.41, 5.74) is 1.34. The highest BCUT2D eigenvalue weighted by molar-refractivity contribution is 5.96. The minimum absolute atomic E-state index is 0.141. The van der Waals surface area contributed by atoms with Crippen molar-refractivity contribution in [2.24, 2.45) is 5.92 Å². The van der Waals surface area contributed by atoms with Crippen molar-refractivity contribution in [3.05, 3.63) is 35.4 Å². The van der Waals surface area contributed by atoms with E-state index < -0.39 is 5.60 Å². The molecule has 1 saturated heterocycles. The minimum atomic E-state index is -0.413. The first-order valence-electron chi connectivity index (χ1n) is 6.57. The molecule has 1 aromatic carbocycles. The van der Waals surface area contributed by atoms with Crippen LogP contribution in [0.3, 0.4) is 0 Å². The monoisotopic (exact) mass is 260 g/mol. The molecule has 102 valence electrons. The molecule has 1 atom stereocenters. The van der Waals surface area contributed by atoms with Crippen LogP contribution in [-0.2, 0) is 9.53 Å². The molecule has 0 amide bonds. The van der Waals surface area contributed by atoms with Crippen LogP contribution in [0.1, 0.15) is 32.8 Å². The molecule has 0 radical (unpaired) electrons. The largest absolute Gasteiger partial charge is 0.497 e. The summed E-state index contributed by atoms with van der Waals surface area (Å²) in [7, 11) is 1.64. The van der Waals surface area contributed by atoms with E-state index in [4.69, 9.17) is 9.47 Å². The van der Waals surface area contributed by atoms with Crippen molar-refractivity contribution in [3.8, 4) is 5.75 Å². The van der Waals surface area contributed by atoms with E-state index in [-0.39, 0.29) is 11.9 Å². The lowest BCUT2D eigenvalue weighted by atomic mass is 9.84. The molecule has 0 spiro atoms.